The number of benzene rings is 2. The van der Waals surface area contributed by atoms with E-state index in [1.807, 2.05) is 0 Å². The van der Waals surface area contributed by atoms with Gasteiger partial charge in [-0.05, 0) is 31.5 Å². The molecule has 0 heterocycles. The predicted molar refractivity (Wildman–Crippen MR) is 70.8 cm³/mol. The smallest absolute Gasteiger partial charge is 0.129 e. The number of aryl methyl sites for hydroxylation is 1. The molecule has 19 heavy (non-hydrogen) atoms. The Balaban J connectivity index is 2.66. The highest BCUT2D eigenvalue weighted by molar-refractivity contribution is 5.39. The molecule has 1 atom stereocenters. The number of hydrogen-bond donors (Lipinski definition) is 1. The van der Waals surface area contributed by atoms with Crippen molar-refractivity contribution in [1.29, 1.82) is 0 Å². The minimum Gasteiger partial charge on any atom is -0.380 e. The number of hydrogen-bond acceptors (Lipinski definition) is 1. The summed E-state index contributed by atoms with van der Waals surface area (Å²) < 4.78 is 27.9. The summed E-state index contributed by atoms with van der Waals surface area (Å²) in [6.07, 6.45) is 0.189. The van der Waals surface area contributed by atoms with Gasteiger partial charge in [-0.15, -0.1) is 0 Å². The zero-order chi connectivity index (χ0) is 14.0. The van der Waals surface area contributed by atoms with E-state index in [0.717, 1.165) is 5.56 Å². The summed E-state index contributed by atoms with van der Waals surface area (Å²) in [5.74, 6) is -1.06. The molecular formula is C16H16F2O. The molecule has 1 unspecified atom stereocenters. The van der Waals surface area contributed by atoms with Crippen LogP contribution in [0.15, 0.2) is 42.5 Å². The topological polar surface area (TPSA) is 20.2 Å². The van der Waals surface area contributed by atoms with Crippen molar-refractivity contribution in [1.82, 2.24) is 0 Å². The molecule has 100 valence electrons. The van der Waals surface area contributed by atoms with Crippen LogP contribution in [0.5, 0.6) is 0 Å². The highest BCUT2D eigenvalue weighted by atomic mass is 19.1. The summed E-state index contributed by atoms with van der Waals surface area (Å²) in [4.78, 5) is 0. The average molecular weight is 262 g/mol. The summed E-state index contributed by atoms with van der Waals surface area (Å²) in [5, 5.41) is 10.8. The second-order valence-electron chi connectivity index (χ2n) is 4.68. The minimum atomic E-state index is -1.65. The van der Waals surface area contributed by atoms with Gasteiger partial charge in [-0.1, -0.05) is 36.8 Å². The van der Waals surface area contributed by atoms with Crippen molar-refractivity contribution in [3.8, 4) is 0 Å². The third-order valence-corrected chi connectivity index (χ3v) is 3.40. The Bertz CT molecular complexity index is 595. The van der Waals surface area contributed by atoms with Gasteiger partial charge >= 0.3 is 0 Å². The van der Waals surface area contributed by atoms with Gasteiger partial charge in [-0.2, -0.15) is 0 Å². The molecule has 2 rings (SSSR count). The van der Waals surface area contributed by atoms with Gasteiger partial charge in [0.1, 0.15) is 17.2 Å². The monoisotopic (exact) mass is 262 g/mol. The highest BCUT2D eigenvalue weighted by Gasteiger charge is 2.34. The molecular weight excluding hydrogens is 246 g/mol. The normalized spacial score (nSPS) is 14.2. The van der Waals surface area contributed by atoms with Crippen molar-refractivity contribution in [2.45, 2.75) is 25.9 Å². The van der Waals surface area contributed by atoms with Crippen molar-refractivity contribution < 1.29 is 13.9 Å². The van der Waals surface area contributed by atoms with Crippen molar-refractivity contribution in [3.63, 3.8) is 0 Å². The third-order valence-electron chi connectivity index (χ3n) is 3.40. The molecule has 0 saturated carbocycles. The molecule has 0 aliphatic heterocycles. The molecule has 0 radical (unpaired) electrons. The maximum atomic E-state index is 14.0. The Hall–Kier alpha value is -1.74. The maximum Gasteiger partial charge on any atom is 0.129 e. The number of aliphatic hydroxyl groups is 1. The molecule has 0 aliphatic carbocycles. The zero-order valence-electron chi connectivity index (χ0n) is 11.0. The van der Waals surface area contributed by atoms with Crippen LogP contribution in [0.3, 0.4) is 0 Å². The van der Waals surface area contributed by atoms with Gasteiger partial charge in [0.05, 0.1) is 0 Å². The molecule has 0 bridgehead atoms. The lowest BCUT2D eigenvalue weighted by atomic mass is 9.83. The van der Waals surface area contributed by atoms with Crippen LogP contribution in [0.1, 0.15) is 30.0 Å². The van der Waals surface area contributed by atoms with Crippen molar-refractivity contribution >= 4 is 0 Å². The fourth-order valence-corrected chi connectivity index (χ4v) is 2.28. The van der Waals surface area contributed by atoms with Crippen molar-refractivity contribution in [3.05, 3.63) is 70.8 Å². The van der Waals surface area contributed by atoms with E-state index in [2.05, 4.69) is 0 Å². The third kappa shape index (κ3) is 2.38. The molecule has 0 spiro atoms. The van der Waals surface area contributed by atoms with E-state index in [-0.39, 0.29) is 17.5 Å². The molecule has 0 aromatic heterocycles. The molecule has 0 fully saturated rings. The van der Waals surface area contributed by atoms with Crippen LogP contribution in [-0.4, -0.2) is 5.11 Å². The Morgan fingerprint density at radius 2 is 1.63 bits per heavy atom. The molecule has 0 aliphatic rings. The van der Waals surface area contributed by atoms with E-state index in [0.29, 0.717) is 0 Å². The van der Waals surface area contributed by atoms with Crippen LogP contribution >= 0.6 is 0 Å². The summed E-state index contributed by atoms with van der Waals surface area (Å²) in [7, 11) is 0. The summed E-state index contributed by atoms with van der Waals surface area (Å²) in [5.41, 5.74) is -0.622. The summed E-state index contributed by atoms with van der Waals surface area (Å²) >= 11 is 0. The van der Waals surface area contributed by atoms with E-state index in [4.69, 9.17) is 0 Å². The van der Waals surface area contributed by atoms with Gasteiger partial charge in [0.2, 0.25) is 0 Å². The van der Waals surface area contributed by atoms with E-state index in [9.17, 15) is 13.9 Å². The molecule has 2 aromatic carbocycles. The summed E-state index contributed by atoms with van der Waals surface area (Å²) in [6.45, 7) is 3.51. The Kier molecular flexibility index (Phi) is 3.67. The van der Waals surface area contributed by atoms with Gasteiger partial charge in [-0.25, -0.2) is 8.78 Å². The maximum absolute atomic E-state index is 14.0. The van der Waals surface area contributed by atoms with Gasteiger partial charge in [0.25, 0.3) is 0 Å². The van der Waals surface area contributed by atoms with Crippen LogP contribution in [-0.2, 0) is 5.60 Å². The lowest BCUT2D eigenvalue weighted by Crippen LogP contribution is -2.29. The van der Waals surface area contributed by atoms with Crippen molar-refractivity contribution in [2.24, 2.45) is 0 Å². The lowest BCUT2D eigenvalue weighted by molar-refractivity contribution is 0.0686. The minimum absolute atomic E-state index is 0.0991. The molecule has 1 nitrogen and oxygen atoms in total. The standard InChI is InChI=1S/C16H16F2O/c1-3-16(19,12-6-4-5-7-14(12)17)13-10-11(2)8-9-15(13)18/h4-10,19H,3H2,1-2H3. The highest BCUT2D eigenvalue weighted by Crippen LogP contribution is 2.36. The number of rotatable bonds is 3. The van der Waals surface area contributed by atoms with Gasteiger partial charge in [0, 0.05) is 11.1 Å². The first-order valence-corrected chi connectivity index (χ1v) is 6.23. The first-order valence-electron chi connectivity index (χ1n) is 6.23. The van der Waals surface area contributed by atoms with Crippen LogP contribution in [0.4, 0.5) is 8.78 Å². The molecule has 3 heteroatoms. The average Bonchev–Trinajstić information content (AvgIpc) is 2.41. The lowest BCUT2D eigenvalue weighted by Gasteiger charge is -2.29. The van der Waals surface area contributed by atoms with Gasteiger partial charge in [0.15, 0.2) is 0 Å². The first kappa shape index (κ1) is 13.7. The Labute approximate surface area is 111 Å². The Morgan fingerprint density at radius 3 is 2.26 bits per heavy atom. The largest absolute Gasteiger partial charge is 0.380 e. The predicted octanol–water partition coefficient (Wildman–Crippen LogP) is 3.92. The second kappa shape index (κ2) is 5.10. The van der Waals surface area contributed by atoms with Gasteiger partial charge in [-0.3, -0.25) is 0 Å². The second-order valence-corrected chi connectivity index (χ2v) is 4.68. The SMILES string of the molecule is CCC(O)(c1ccccc1F)c1cc(C)ccc1F. The Morgan fingerprint density at radius 1 is 1.00 bits per heavy atom. The number of halogens is 2. The molecule has 0 amide bonds. The van der Waals surface area contributed by atoms with Crippen LogP contribution in [0.25, 0.3) is 0 Å². The van der Waals surface area contributed by atoms with Crippen molar-refractivity contribution in [2.75, 3.05) is 0 Å². The van der Waals surface area contributed by atoms with E-state index >= 15 is 0 Å². The fourth-order valence-electron chi connectivity index (χ4n) is 2.28. The zero-order valence-corrected chi connectivity index (χ0v) is 11.0. The van der Waals surface area contributed by atoms with E-state index < -0.39 is 17.2 Å². The summed E-state index contributed by atoms with van der Waals surface area (Å²) in [6, 6.07) is 10.4. The van der Waals surface area contributed by atoms with Crippen LogP contribution in [0, 0.1) is 18.6 Å². The quantitative estimate of drug-likeness (QED) is 0.889. The van der Waals surface area contributed by atoms with Crippen LogP contribution in [0.2, 0.25) is 0 Å². The fraction of sp³-hybridized carbons (Fsp3) is 0.250. The molecule has 2 aromatic rings. The van der Waals surface area contributed by atoms with Crippen LogP contribution < -0.4 is 0 Å². The van der Waals surface area contributed by atoms with Gasteiger partial charge < -0.3 is 5.11 Å². The first-order chi connectivity index (χ1) is 8.99. The van der Waals surface area contributed by atoms with E-state index in [1.165, 1.54) is 18.2 Å². The van der Waals surface area contributed by atoms with E-state index in [1.54, 1.807) is 38.1 Å². The molecule has 1 N–H and O–H groups in total. The molecule has 0 saturated heterocycles.